The first-order chi connectivity index (χ1) is 10.0. The summed E-state index contributed by atoms with van der Waals surface area (Å²) in [4.78, 5) is 10.2. The van der Waals surface area contributed by atoms with E-state index in [0.29, 0.717) is 0 Å². The van der Waals surface area contributed by atoms with Gasteiger partial charge in [0.05, 0.1) is 0 Å². The first-order valence-corrected chi connectivity index (χ1v) is 8.06. The van der Waals surface area contributed by atoms with E-state index in [0.717, 1.165) is 6.07 Å². The van der Waals surface area contributed by atoms with Crippen molar-refractivity contribution in [2.75, 3.05) is 11.9 Å². The van der Waals surface area contributed by atoms with Crippen LogP contribution in [0.15, 0.2) is 17.0 Å². The molecule has 0 radical (unpaired) electrons. The van der Waals surface area contributed by atoms with Crippen molar-refractivity contribution < 1.29 is 22.9 Å². The molecule has 0 aliphatic rings. The van der Waals surface area contributed by atoms with Gasteiger partial charge in [-0.15, -0.1) is 0 Å². The number of nitrogens with two attached hydrogens (primary N) is 1. The summed E-state index contributed by atoms with van der Waals surface area (Å²) in [5, 5.41) is 14.0. The molecule has 0 bridgehead atoms. The van der Waals surface area contributed by atoms with Crippen LogP contribution in [0, 0.1) is 6.92 Å². The summed E-state index contributed by atoms with van der Waals surface area (Å²) >= 11 is 10.8. The van der Waals surface area contributed by atoms with Gasteiger partial charge in [-0.1, -0.05) is 11.6 Å². The van der Waals surface area contributed by atoms with E-state index in [2.05, 4.69) is 10.6 Å². The average Bonchev–Trinajstić information content (AvgIpc) is 2.38. The number of rotatable bonds is 5. The average molecular weight is 368 g/mol. The Bertz CT molecular complexity index is 708. The highest BCUT2D eigenvalue weighted by Crippen LogP contribution is 2.27. The maximum Gasteiger partial charge on any atom is 0.322 e. The Labute approximate surface area is 137 Å². The van der Waals surface area contributed by atoms with Gasteiger partial charge >= 0.3 is 5.97 Å². The molecule has 0 unspecified atom stereocenters. The van der Waals surface area contributed by atoms with Gasteiger partial charge in [-0.25, -0.2) is 0 Å². The predicted octanol–water partition coefficient (Wildman–Crippen LogP) is 0.593. The molecule has 1 atom stereocenters. The molecule has 0 saturated carbocycles. The first kappa shape index (κ1) is 18.6. The molecule has 22 heavy (non-hydrogen) atoms. The third kappa shape index (κ3) is 5.07. The molecule has 8 nitrogen and oxygen atoms in total. The SMILES string of the molecule is Cc1c(Cl)cc(NC(=S)NC[C@H](N)C(=O)O)cc1S(=O)(=O)O. The fourth-order valence-electron chi connectivity index (χ4n) is 1.46. The van der Waals surface area contributed by atoms with Crippen molar-refractivity contribution in [3.63, 3.8) is 0 Å². The number of nitrogens with one attached hydrogen (secondary N) is 2. The largest absolute Gasteiger partial charge is 0.480 e. The fourth-order valence-corrected chi connectivity index (χ4v) is 2.71. The number of halogens is 1. The van der Waals surface area contributed by atoms with Gasteiger partial charge in [-0.05, 0) is 36.8 Å². The van der Waals surface area contributed by atoms with E-state index in [1.54, 1.807) is 0 Å². The summed E-state index contributed by atoms with van der Waals surface area (Å²) in [7, 11) is -4.44. The van der Waals surface area contributed by atoms with E-state index in [9.17, 15) is 13.2 Å². The van der Waals surface area contributed by atoms with Crippen LogP contribution in [0.25, 0.3) is 0 Å². The van der Waals surface area contributed by atoms with Gasteiger partial charge < -0.3 is 21.5 Å². The van der Waals surface area contributed by atoms with Crippen LogP contribution in [-0.4, -0.2) is 41.7 Å². The zero-order valence-corrected chi connectivity index (χ0v) is 13.7. The number of benzene rings is 1. The first-order valence-electron chi connectivity index (χ1n) is 5.83. The van der Waals surface area contributed by atoms with Gasteiger partial charge in [-0.3, -0.25) is 9.35 Å². The quantitative estimate of drug-likeness (QED) is 0.373. The number of aliphatic carboxylic acids is 1. The van der Waals surface area contributed by atoms with Gasteiger partial charge in [0.15, 0.2) is 5.11 Å². The van der Waals surface area contributed by atoms with Crippen molar-refractivity contribution in [2.45, 2.75) is 17.9 Å². The van der Waals surface area contributed by atoms with Crippen LogP contribution in [0.3, 0.4) is 0 Å². The molecule has 1 aromatic carbocycles. The predicted molar refractivity (Wildman–Crippen MR) is 85.8 cm³/mol. The smallest absolute Gasteiger partial charge is 0.322 e. The molecule has 0 aromatic heterocycles. The zero-order chi connectivity index (χ0) is 17.1. The minimum atomic E-state index is -4.44. The Kier molecular flexibility index (Phi) is 6.08. The second-order valence-electron chi connectivity index (χ2n) is 4.34. The Morgan fingerprint density at radius 1 is 1.50 bits per heavy atom. The number of carboxylic acid groups (broad SMARTS) is 1. The van der Waals surface area contributed by atoms with Crippen molar-refractivity contribution in [3.8, 4) is 0 Å². The highest BCUT2D eigenvalue weighted by Gasteiger charge is 2.17. The Hall–Kier alpha value is -1.46. The van der Waals surface area contributed by atoms with Crippen molar-refractivity contribution in [1.82, 2.24) is 5.32 Å². The minimum Gasteiger partial charge on any atom is -0.480 e. The van der Waals surface area contributed by atoms with Crippen LogP contribution in [0.5, 0.6) is 0 Å². The molecule has 122 valence electrons. The third-order valence-corrected chi connectivity index (χ3v) is 4.25. The normalized spacial score (nSPS) is 12.5. The summed E-state index contributed by atoms with van der Waals surface area (Å²) in [5.74, 6) is -1.19. The standard InChI is InChI=1S/C11H14ClN3O5S2/c1-5-7(12)2-6(3-9(5)22(18,19)20)15-11(21)14-4-8(13)10(16)17/h2-3,8H,4,13H2,1H3,(H,16,17)(H2,14,15,21)(H,18,19,20)/t8-/m0/s1. The highest BCUT2D eigenvalue weighted by molar-refractivity contribution is 7.86. The number of carboxylic acids is 1. The van der Waals surface area contributed by atoms with Gasteiger partial charge in [0.25, 0.3) is 10.1 Å². The molecule has 11 heteroatoms. The van der Waals surface area contributed by atoms with Crippen molar-refractivity contribution in [3.05, 3.63) is 22.7 Å². The lowest BCUT2D eigenvalue weighted by molar-refractivity contribution is -0.138. The second kappa shape index (κ2) is 7.20. The summed E-state index contributed by atoms with van der Waals surface area (Å²) in [6, 6.07) is 1.42. The molecule has 1 rings (SSSR count). The monoisotopic (exact) mass is 367 g/mol. The van der Waals surface area contributed by atoms with Gasteiger partial charge in [0.2, 0.25) is 0 Å². The van der Waals surface area contributed by atoms with Gasteiger partial charge in [0.1, 0.15) is 10.9 Å². The molecule has 1 aromatic rings. The maximum absolute atomic E-state index is 11.3. The molecular formula is C11H14ClN3O5S2. The molecule has 0 amide bonds. The maximum atomic E-state index is 11.3. The molecular weight excluding hydrogens is 354 g/mol. The topological polar surface area (TPSA) is 142 Å². The van der Waals surface area contributed by atoms with Crippen molar-refractivity contribution >= 4 is 50.7 Å². The van der Waals surface area contributed by atoms with Crippen LogP contribution in [-0.2, 0) is 14.9 Å². The van der Waals surface area contributed by atoms with Crippen LogP contribution < -0.4 is 16.4 Å². The van der Waals surface area contributed by atoms with Gasteiger partial charge in [0, 0.05) is 17.3 Å². The van der Waals surface area contributed by atoms with Crippen LogP contribution >= 0.6 is 23.8 Å². The molecule has 0 spiro atoms. The molecule has 0 saturated heterocycles. The number of thiocarbonyl (C=S) groups is 1. The van der Waals surface area contributed by atoms with E-state index in [-0.39, 0.29) is 32.8 Å². The number of hydrogen-bond donors (Lipinski definition) is 5. The lowest BCUT2D eigenvalue weighted by Gasteiger charge is -2.14. The molecule has 0 heterocycles. The van der Waals surface area contributed by atoms with E-state index in [1.807, 2.05) is 0 Å². The lowest BCUT2D eigenvalue weighted by Crippen LogP contribution is -2.43. The summed E-state index contributed by atoms with van der Waals surface area (Å²) in [5.41, 5.74) is 5.71. The van der Waals surface area contributed by atoms with E-state index in [4.69, 9.17) is 39.2 Å². The zero-order valence-electron chi connectivity index (χ0n) is 11.3. The molecule has 0 fully saturated rings. The van der Waals surface area contributed by atoms with Crippen molar-refractivity contribution in [1.29, 1.82) is 0 Å². The van der Waals surface area contributed by atoms with Gasteiger partial charge in [-0.2, -0.15) is 8.42 Å². The van der Waals surface area contributed by atoms with E-state index in [1.165, 1.54) is 13.0 Å². The van der Waals surface area contributed by atoms with Crippen LogP contribution in [0.1, 0.15) is 5.56 Å². The summed E-state index contributed by atoms with van der Waals surface area (Å²) < 4.78 is 31.7. The van der Waals surface area contributed by atoms with E-state index >= 15 is 0 Å². The Morgan fingerprint density at radius 3 is 2.59 bits per heavy atom. The Balaban J connectivity index is 2.89. The lowest BCUT2D eigenvalue weighted by atomic mass is 10.2. The fraction of sp³-hybridized carbons (Fsp3) is 0.273. The molecule has 0 aliphatic carbocycles. The number of hydrogen-bond acceptors (Lipinski definition) is 5. The van der Waals surface area contributed by atoms with E-state index < -0.39 is 22.1 Å². The molecule has 6 N–H and O–H groups in total. The second-order valence-corrected chi connectivity index (χ2v) is 6.54. The minimum absolute atomic E-state index is 0.0258. The highest BCUT2D eigenvalue weighted by atomic mass is 35.5. The van der Waals surface area contributed by atoms with Crippen molar-refractivity contribution in [2.24, 2.45) is 5.73 Å². The number of carbonyl (C=O) groups is 1. The number of anilines is 1. The Morgan fingerprint density at radius 2 is 2.09 bits per heavy atom. The van der Waals surface area contributed by atoms with Crippen LogP contribution in [0.4, 0.5) is 5.69 Å². The molecule has 0 aliphatic heterocycles. The summed E-state index contributed by atoms with van der Waals surface area (Å²) in [6.45, 7) is 1.32. The third-order valence-electron chi connectivity index (χ3n) is 2.63. The van der Waals surface area contributed by atoms with Crippen LogP contribution in [0.2, 0.25) is 5.02 Å². The summed E-state index contributed by atoms with van der Waals surface area (Å²) in [6.07, 6.45) is 0.